The molecular formula is C13H24N2O5. The van der Waals surface area contributed by atoms with E-state index in [0.717, 1.165) is 0 Å². The Balaban J connectivity index is 4.80. The number of urea groups is 1. The molecule has 1 unspecified atom stereocenters. The van der Waals surface area contributed by atoms with Gasteiger partial charge in [-0.1, -0.05) is 13.8 Å². The van der Waals surface area contributed by atoms with Gasteiger partial charge < -0.3 is 20.1 Å². The number of hydrogen-bond donors (Lipinski definition) is 2. The first-order valence-corrected chi connectivity index (χ1v) is 6.76. The average Bonchev–Trinajstić information content (AvgIpc) is 2.38. The van der Waals surface area contributed by atoms with Gasteiger partial charge in [0.05, 0.1) is 6.61 Å². The fraction of sp³-hybridized carbons (Fsp3) is 0.769. The second kappa shape index (κ2) is 8.39. The molecule has 20 heavy (non-hydrogen) atoms. The van der Waals surface area contributed by atoms with Crippen LogP contribution < -0.4 is 5.32 Å². The third kappa shape index (κ3) is 5.46. The summed E-state index contributed by atoms with van der Waals surface area (Å²) in [4.78, 5) is 36.0. The summed E-state index contributed by atoms with van der Waals surface area (Å²) in [5.74, 6) is -1.62. The first-order valence-electron chi connectivity index (χ1n) is 6.76. The smallest absolute Gasteiger partial charge is 0.329 e. The van der Waals surface area contributed by atoms with Crippen LogP contribution in [0.15, 0.2) is 0 Å². The minimum absolute atomic E-state index is 0.188. The number of aliphatic carboxylic acids is 1. The highest BCUT2D eigenvalue weighted by molar-refractivity contribution is 5.87. The van der Waals surface area contributed by atoms with Crippen molar-refractivity contribution in [2.75, 3.05) is 19.7 Å². The monoisotopic (exact) mass is 288 g/mol. The molecule has 0 aromatic rings. The summed E-state index contributed by atoms with van der Waals surface area (Å²) in [7, 11) is 0. The van der Waals surface area contributed by atoms with Crippen molar-refractivity contribution in [1.82, 2.24) is 10.2 Å². The molecular weight excluding hydrogens is 264 g/mol. The summed E-state index contributed by atoms with van der Waals surface area (Å²) in [6.07, 6.45) is 0.899. The lowest BCUT2D eigenvalue weighted by Crippen LogP contribution is -2.56. The molecule has 0 saturated heterocycles. The number of nitrogens with zero attached hydrogens (tertiary/aromatic N) is 1. The molecule has 0 aromatic carbocycles. The predicted molar refractivity (Wildman–Crippen MR) is 73.4 cm³/mol. The molecule has 0 aromatic heterocycles. The van der Waals surface area contributed by atoms with Crippen LogP contribution in [0.3, 0.4) is 0 Å². The van der Waals surface area contributed by atoms with E-state index in [1.165, 1.54) is 11.8 Å². The summed E-state index contributed by atoms with van der Waals surface area (Å²) in [5.41, 5.74) is -1.35. The lowest BCUT2D eigenvalue weighted by atomic mass is 10.00. The largest absolute Gasteiger partial charge is 0.480 e. The van der Waals surface area contributed by atoms with Crippen LogP contribution in [0.25, 0.3) is 0 Å². The number of amides is 2. The molecule has 0 aliphatic rings. The SMILES string of the molecule is CCCN(CC(=O)OCC)C(=O)NC(C)(CC)C(=O)O. The summed E-state index contributed by atoms with van der Waals surface area (Å²) in [6.45, 7) is 7.05. The Bertz CT molecular complexity index is 359. The Morgan fingerprint density at radius 1 is 1.25 bits per heavy atom. The Morgan fingerprint density at radius 3 is 2.25 bits per heavy atom. The minimum Gasteiger partial charge on any atom is -0.480 e. The summed E-state index contributed by atoms with van der Waals surface area (Å²) in [5, 5.41) is 11.6. The molecule has 0 spiro atoms. The number of rotatable bonds is 8. The van der Waals surface area contributed by atoms with Gasteiger partial charge in [0.25, 0.3) is 0 Å². The first-order chi connectivity index (χ1) is 9.30. The number of carbonyl (C=O) groups excluding carboxylic acids is 2. The Kier molecular flexibility index (Phi) is 7.64. The van der Waals surface area contributed by atoms with E-state index < -0.39 is 23.5 Å². The van der Waals surface area contributed by atoms with Crippen molar-refractivity contribution in [2.24, 2.45) is 0 Å². The number of carbonyl (C=O) groups is 3. The van der Waals surface area contributed by atoms with E-state index in [1.54, 1.807) is 13.8 Å². The molecule has 0 bridgehead atoms. The maximum Gasteiger partial charge on any atom is 0.329 e. The third-order valence-electron chi connectivity index (χ3n) is 2.97. The molecule has 0 heterocycles. The standard InChI is InChI=1S/C13H24N2O5/c1-5-8-15(9-10(16)20-7-3)12(19)14-13(4,6-2)11(17)18/h5-9H2,1-4H3,(H,14,19)(H,17,18). The lowest BCUT2D eigenvalue weighted by Gasteiger charge is -2.29. The Hall–Kier alpha value is -1.79. The van der Waals surface area contributed by atoms with E-state index in [1.807, 2.05) is 6.92 Å². The van der Waals surface area contributed by atoms with Gasteiger partial charge in [-0.2, -0.15) is 0 Å². The van der Waals surface area contributed by atoms with Crippen LogP contribution in [0.5, 0.6) is 0 Å². The molecule has 2 N–H and O–H groups in total. The van der Waals surface area contributed by atoms with Crippen molar-refractivity contribution in [3.8, 4) is 0 Å². The highest BCUT2D eigenvalue weighted by atomic mass is 16.5. The van der Waals surface area contributed by atoms with Crippen molar-refractivity contribution >= 4 is 18.0 Å². The summed E-state index contributed by atoms with van der Waals surface area (Å²) >= 11 is 0. The van der Waals surface area contributed by atoms with E-state index >= 15 is 0 Å². The van der Waals surface area contributed by atoms with Crippen molar-refractivity contribution in [1.29, 1.82) is 0 Å². The van der Waals surface area contributed by atoms with Gasteiger partial charge in [0.2, 0.25) is 0 Å². The number of carboxylic acids is 1. The van der Waals surface area contributed by atoms with Gasteiger partial charge in [-0.05, 0) is 26.7 Å². The van der Waals surface area contributed by atoms with Crippen LogP contribution >= 0.6 is 0 Å². The van der Waals surface area contributed by atoms with Crippen LogP contribution in [0.4, 0.5) is 4.79 Å². The van der Waals surface area contributed by atoms with Crippen molar-refractivity contribution < 1.29 is 24.2 Å². The number of esters is 1. The lowest BCUT2D eigenvalue weighted by molar-refractivity contribution is -0.143. The van der Waals surface area contributed by atoms with E-state index in [9.17, 15) is 14.4 Å². The van der Waals surface area contributed by atoms with Crippen molar-refractivity contribution in [2.45, 2.75) is 46.1 Å². The minimum atomic E-state index is -1.35. The van der Waals surface area contributed by atoms with Crippen molar-refractivity contribution in [3.63, 3.8) is 0 Å². The molecule has 0 fully saturated rings. The maximum absolute atomic E-state index is 12.1. The second-order valence-corrected chi connectivity index (χ2v) is 4.65. The van der Waals surface area contributed by atoms with Gasteiger partial charge in [0.15, 0.2) is 0 Å². The fourth-order valence-corrected chi connectivity index (χ4v) is 1.49. The van der Waals surface area contributed by atoms with E-state index in [0.29, 0.717) is 13.0 Å². The fourth-order valence-electron chi connectivity index (χ4n) is 1.49. The zero-order valence-electron chi connectivity index (χ0n) is 12.6. The van der Waals surface area contributed by atoms with Gasteiger partial charge in [-0.15, -0.1) is 0 Å². The van der Waals surface area contributed by atoms with Crippen LogP contribution in [0, 0.1) is 0 Å². The highest BCUT2D eigenvalue weighted by Crippen LogP contribution is 2.10. The number of nitrogens with one attached hydrogen (secondary N) is 1. The maximum atomic E-state index is 12.1. The molecule has 7 nitrogen and oxygen atoms in total. The molecule has 7 heteroatoms. The number of ether oxygens (including phenoxy) is 1. The van der Waals surface area contributed by atoms with Gasteiger partial charge in [0, 0.05) is 6.54 Å². The van der Waals surface area contributed by atoms with Crippen molar-refractivity contribution in [3.05, 3.63) is 0 Å². The molecule has 1 atom stereocenters. The van der Waals surface area contributed by atoms with E-state index in [2.05, 4.69) is 5.32 Å². The molecule has 0 radical (unpaired) electrons. The van der Waals surface area contributed by atoms with Crippen LogP contribution in [0.1, 0.15) is 40.5 Å². The van der Waals surface area contributed by atoms with Crippen LogP contribution in [0.2, 0.25) is 0 Å². The van der Waals surface area contributed by atoms with Gasteiger partial charge in [-0.3, -0.25) is 4.79 Å². The first kappa shape index (κ1) is 18.2. The second-order valence-electron chi connectivity index (χ2n) is 4.65. The number of hydrogen-bond acceptors (Lipinski definition) is 4. The molecule has 0 aliphatic heterocycles. The summed E-state index contributed by atoms with van der Waals surface area (Å²) < 4.78 is 4.80. The Labute approximate surface area is 119 Å². The zero-order valence-corrected chi connectivity index (χ0v) is 12.6. The molecule has 0 aliphatic carbocycles. The van der Waals surface area contributed by atoms with Gasteiger partial charge in [-0.25, -0.2) is 9.59 Å². The average molecular weight is 288 g/mol. The third-order valence-corrected chi connectivity index (χ3v) is 2.97. The van der Waals surface area contributed by atoms with Crippen LogP contribution in [-0.4, -0.2) is 53.2 Å². The van der Waals surface area contributed by atoms with Crippen LogP contribution in [-0.2, 0) is 14.3 Å². The summed E-state index contributed by atoms with van der Waals surface area (Å²) in [6, 6.07) is -0.577. The normalized spacial score (nSPS) is 13.2. The Morgan fingerprint density at radius 2 is 1.85 bits per heavy atom. The number of carboxylic acid groups (broad SMARTS) is 1. The molecule has 116 valence electrons. The highest BCUT2D eigenvalue weighted by Gasteiger charge is 2.34. The zero-order chi connectivity index (χ0) is 15.8. The molecule has 0 rings (SSSR count). The van der Waals surface area contributed by atoms with Gasteiger partial charge >= 0.3 is 18.0 Å². The predicted octanol–water partition coefficient (Wildman–Crippen LogP) is 1.22. The molecule has 0 saturated carbocycles. The quantitative estimate of drug-likeness (QED) is 0.655. The van der Waals surface area contributed by atoms with E-state index in [-0.39, 0.29) is 19.6 Å². The topological polar surface area (TPSA) is 95.9 Å². The van der Waals surface area contributed by atoms with E-state index in [4.69, 9.17) is 9.84 Å². The molecule has 2 amide bonds. The van der Waals surface area contributed by atoms with Gasteiger partial charge in [0.1, 0.15) is 12.1 Å².